The fourth-order valence-corrected chi connectivity index (χ4v) is 6.60. The lowest BCUT2D eigenvalue weighted by Crippen LogP contribution is -2.59. The molecule has 4 aliphatic rings. The van der Waals surface area contributed by atoms with E-state index in [2.05, 4.69) is 49.9 Å². The highest BCUT2D eigenvalue weighted by molar-refractivity contribution is 5.83. The van der Waals surface area contributed by atoms with Gasteiger partial charge >= 0.3 is 0 Å². The van der Waals surface area contributed by atoms with E-state index in [0.717, 1.165) is 44.2 Å². The molecule has 0 heterocycles. The maximum Gasteiger partial charge on any atom is 0.228 e. The highest BCUT2D eigenvalue weighted by atomic mass is 16.2. The van der Waals surface area contributed by atoms with Crippen molar-refractivity contribution in [3.63, 3.8) is 0 Å². The van der Waals surface area contributed by atoms with Gasteiger partial charge in [0, 0.05) is 13.1 Å². The van der Waals surface area contributed by atoms with Gasteiger partial charge in [-0.2, -0.15) is 0 Å². The average Bonchev–Trinajstić information content (AvgIpc) is 2.55. The number of benzene rings is 1. The van der Waals surface area contributed by atoms with E-state index in [9.17, 15) is 4.79 Å². The summed E-state index contributed by atoms with van der Waals surface area (Å²) in [6, 6.07) is 9.20. The molecular formula is C22H31NO. The lowest BCUT2D eigenvalue weighted by molar-refractivity contribution is -0.160. The van der Waals surface area contributed by atoms with Gasteiger partial charge in [0.05, 0.1) is 5.41 Å². The topological polar surface area (TPSA) is 20.3 Å². The Kier molecular flexibility index (Phi) is 3.78. The zero-order chi connectivity index (χ0) is 16.9. The van der Waals surface area contributed by atoms with Crippen molar-refractivity contribution in [2.45, 2.75) is 64.7 Å². The number of hydrogen-bond acceptors (Lipinski definition) is 1. The van der Waals surface area contributed by atoms with Crippen molar-refractivity contribution >= 4 is 5.91 Å². The monoisotopic (exact) mass is 325 g/mol. The van der Waals surface area contributed by atoms with Crippen molar-refractivity contribution in [3.05, 3.63) is 35.4 Å². The van der Waals surface area contributed by atoms with E-state index in [4.69, 9.17) is 0 Å². The Morgan fingerprint density at radius 1 is 1.04 bits per heavy atom. The first kappa shape index (κ1) is 16.2. The molecule has 4 saturated carbocycles. The predicted molar refractivity (Wildman–Crippen MR) is 97.9 cm³/mol. The molecule has 4 bridgehead atoms. The maximum atomic E-state index is 13.4. The Morgan fingerprint density at radius 3 is 2.17 bits per heavy atom. The van der Waals surface area contributed by atoms with Crippen LogP contribution in [0.3, 0.4) is 0 Å². The van der Waals surface area contributed by atoms with Crippen LogP contribution in [0, 0.1) is 24.2 Å². The van der Waals surface area contributed by atoms with Crippen LogP contribution in [-0.2, 0) is 10.2 Å². The quantitative estimate of drug-likeness (QED) is 0.785. The molecular weight excluding hydrogens is 294 g/mol. The largest absolute Gasteiger partial charge is 0.343 e. The van der Waals surface area contributed by atoms with Crippen LogP contribution in [0.5, 0.6) is 0 Å². The molecule has 0 N–H and O–H groups in total. The van der Waals surface area contributed by atoms with E-state index in [-0.39, 0.29) is 10.8 Å². The molecule has 4 fully saturated rings. The van der Waals surface area contributed by atoms with Gasteiger partial charge in [-0.1, -0.05) is 29.8 Å². The Bertz CT molecular complexity index is 614. The Hall–Kier alpha value is -1.31. The molecule has 0 radical (unpaired) electrons. The number of hydrogen-bond donors (Lipinski definition) is 0. The van der Waals surface area contributed by atoms with E-state index in [1.807, 2.05) is 0 Å². The molecule has 24 heavy (non-hydrogen) atoms. The van der Waals surface area contributed by atoms with Crippen LogP contribution in [0.15, 0.2) is 24.3 Å². The summed E-state index contributed by atoms with van der Waals surface area (Å²) in [6.07, 6.45) is 7.35. The average molecular weight is 325 g/mol. The molecule has 2 unspecified atom stereocenters. The summed E-state index contributed by atoms with van der Waals surface area (Å²) in [4.78, 5) is 15.5. The Morgan fingerprint density at radius 2 is 1.62 bits per heavy atom. The third kappa shape index (κ3) is 2.33. The first-order valence-corrected chi connectivity index (χ1v) is 9.87. The normalized spacial score (nSPS) is 36.8. The molecule has 1 aromatic rings. The predicted octanol–water partition coefficient (Wildman–Crippen LogP) is 4.70. The van der Waals surface area contributed by atoms with Crippen LogP contribution in [0.2, 0.25) is 0 Å². The van der Waals surface area contributed by atoms with Crippen molar-refractivity contribution in [2.24, 2.45) is 17.3 Å². The molecule has 5 rings (SSSR count). The molecule has 0 spiro atoms. The van der Waals surface area contributed by atoms with Crippen LogP contribution >= 0.6 is 0 Å². The zero-order valence-corrected chi connectivity index (χ0v) is 15.5. The lowest BCUT2D eigenvalue weighted by atomic mass is 9.42. The van der Waals surface area contributed by atoms with Crippen LogP contribution in [0.1, 0.15) is 63.5 Å². The number of carbonyl (C=O) groups is 1. The van der Waals surface area contributed by atoms with E-state index in [1.54, 1.807) is 0 Å². The van der Waals surface area contributed by atoms with Crippen molar-refractivity contribution in [2.75, 3.05) is 13.1 Å². The second-order valence-electron chi connectivity index (χ2n) is 8.87. The van der Waals surface area contributed by atoms with Gasteiger partial charge in [-0.3, -0.25) is 4.79 Å². The molecule has 2 heteroatoms. The first-order valence-electron chi connectivity index (χ1n) is 9.87. The van der Waals surface area contributed by atoms with Crippen LogP contribution in [0.25, 0.3) is 0 Å². The van der Waals surface area contributed by atoms with Gasteiger partial charge in [0.2, 0.25) is 5.91 Å². The van der Waals surface area contributed by atoms with Crippen molar-refractivity contribution in [3.8, 4) is 0 Å². The molecule has 0 aliphatic heterocycles. The summed E-state index contributed by atoms with van der Waals surface area (Å²) in [5.41, 5.74) is 3.03. The second-order valence-corrected chi connectivity index (χ2v) is 8.87. The standard InChI is InChI=1S/C22H31NO/c1-4-23(5-2)20(24)22-13-17-10-18(14-22)12-21(11-17,15-22)19-8-6-16(3)7-9-19/h6-9,17-18H,4-5,10-15H2,1-3H3. The number of carbonyl (C=O) groups excluding carboxylic acids is 1. The molecule has 130 valence electrons. The molecule has 2 nitrogen and oxygen atoms in total. The van der Waals surface area contributed by atoms with Crippen LogP contribution in [0.4, 0.5) is 0 Å². The van der Waals surface area contributed by atoms with Crippen LogP contribution in [-0.4, -0.2) is 23.9 Å². The summed E-state index contributed by atoms with van der Waals surface area (Å²) in [5, 5.41) is 0. The Labute approximate surface area is 146 Å². The van der Waals surface area contributed by atoms with E-state index >= 15 is 0 Å². The number of nitrogens with zero attached hydrogens (tertiary/aromatic N) is 1. The first-order chi connectivity index (χ1) is 11.5. The SMILES string of the molecule is CCN(CC)C(=O)C12CC3CC(C1)CC(c1ccc(C)cc1)(C3)C2. The van der Waals surface area contributed by atoms with E-state index in [0.29, 0.717) is 5.91 Å². The highest BCUT2D eigenvalue weighted by Crippen LogP contribution is 2.66. The summed E-state index contributed by atoms with van der Waals surface area (Å²) in [5.74, 6) is 1.97. The molecule has 1 aromatic carbocycles. The molecule has 0 saturated heterocycles. The second kappa shape index (κ2) is 5.61. The summed E-state index contributed by atoms with van der Waals surface area (Å²) in [6.45, 7) is 8.11. The maximum absolute atomic E-state index is 13.4. The van der Waals surface area contributed by atoms with Gasteiger partial charge < -0.3 is 4.90 Å². The fourth-order valence-electron chi connectivity index (χ4n) is 6.60. The van der Waals surface area contributed by atoms with Gasteiger partial charge in [-0.25, -0.2) is 0 Å². The van der Waals surface area contributed by atoms with E-state index < -0.39 is 0 Å². The minimum absolute atomic E-state index is 0.0685. The number of amides is 1. The van der Waals surface area contributed by atoms with Gasteiger partial charge in [-0.15, -0.1) is 0 Å². The molecule has 0 aromatic heterocycles. The van der Waals surface area contributed by atoms with Gasteiger partial charge in [-0.05, 0) is 82.1 Å². The molecule has 1 amide bonds. The molecule has 4 aliphatic carbocycles. The Balaban J connectivity index is 1.72. The smallest absolute Gasteiger partial charge is 0.228 e. The third-order valence-corrected chi connectivity index (χ3v) is 7.23. The fraction of sp³-hybridized carbons (Fsp3) is 0.682. The van der Waals surface area contributed by atoms with Crippen LogP contribution < -0.4 is 0 Å². The van der Waals surface area contributed by atoms with Gasteiger partial charge in [0.15, 0.2) is 0 Å². The van der Waals surface area contributed by atoms with Crippen molar-refractivity contribution in [1.29, 1.82) is 0 Å². The minimum atomic E-state index is -0.0685. The summed E-state index contributed by atoms with van der Waals surface area (Å²) in [7, 11) is 0. The number of aryl methyl sites for hydroxylation is 1. The zero-order valence-electron chi connectivity index (χ0n) is 15.5. The summed E-state index contributed by atoms with van der Waals surface area (Å²) >= 11 is 0. The summed E-state index contributed by atoms with van der Waals surface area (Å²) < 4.78 is 0. The molecule has 2 atom stereocenters. The number of rotatable bonds is 4. The third-order valence-electron chi connectivity index (χ3n) is 7.23. The minimum Gasteiger partial charge on any atom is -0.343 e. The highest BCUT2D eigenvalue weighted by Gasteiger charge is 2.61. The lowest BCUT2D eigenvalue weighted by Gasteiger charge is -2.62. The van der Waals surface area contributed by atoms with E-state index in [1.165, 1.54) is 30.4 Å². The van der Waals surface area contributed by atoms with Crippen molar-refractivity contribution in [1.82, 2.24) is 4.90 Å². The van der Waals surface area contributed by atoms with Crippen molar-refractivity contribution < 1.29 is 4.79 Å². The van der Waals surface area contributed by atoms with Gasteiger partial charge in [0.1, 0.15) is 0 Å². The van der Waals surface area contributed by atoms with Gasteiger partial charge in [0.25, 0.3) is 0 Å².